The first-order valence-corrected chi connectivity index (χ1v) is 7.46. The quantitative estimate of drug-likeness (QED) is 0.918. The van der Waals surface area contributed by atoms with E-state index in [2.05, 4.69) is 43.6 Å². The summed E-state index contributed by atoms with van der Waals surface area (Å²) in [4.78, 5) is 6.30. The molecule has 0 saturated carbocycles. The Morgan fingerprint density at radius 2 is 2.11 bits per heavy atom. The summed E-state index contributed by atoms with van der Waals surface area (Å²) in [6, 6.07) is 4.30. The monoisotopic (exact) mass is 325 g/mol. The number of thiophene rings is 1. The summed E-state index contributed by atoms with van der Waals surface area (Å²) in [5.74, 6) is 0. The minimum atomic E-state index is 0.235. The molecule has 2 aromatic heterocycles. The second-order valence-electron chi connectivity index (χ2n) is 4.20. The van der Waals surface area contributed by atoms with Gasteiger partial charge in [0.2, 0.25) is 0 Å². The van der Waals surface area contributed by atoms with Gasteiger partial charge in [0.05, 0.1) is 0 Å². The van der Waals surface area contributed by atoms with Gasteiger partial charge in [0.25, 0.3) is 0 Å². The Bertz CT molecular complexity index is 486. The van der Waals surface area contributed by atoms with Gasteiger partial charge < -0.3 is 5.73 Å². The summed E-state index contributed by atoms with van der Waals surface area (Å²) < 4.78 is 1.14. The molecule has 0 bridgehead atoms. The van der Waals surface area contributed by atoms with Crippen molar-refractivity contribution in [3.8, 4) is 0 Å². The fourth-order valence-corrected chi connectivity index (χ4v) is 3.57. The van der Waals surface area contributed by atoms with Crippen LogP contribution in [0.2, 0.25) is 0 Å². The number of rotatable bonds is 5. The van der Waals surface area contributed by atoms with Crippen molar-refractivity contribution in [2.45, 2.75) is 12.6 Å². The average molecular weight is 326 g/mol. The van der Waals surface area contributed by atoms with Gasteiger partial charge in [-0.2, -0.15) is 11.3 Å². The summed E-state index contributed by atoms with van der Waals surface area (Å²) in [5.41, 5.74) is 8.43. The second kappa shape index (κ2) is 6.43. The van der Waals surface area contributed by atoms with Gasteiger partial charge in [-0.15, -0.1) is 0 Å². The molecule has 0 aliphatic heterocycles. The van der Waals surface area contributed by atoms with Crippen LogP contribution in [0.4, 0.5) is 0 Å². The molecule has 2 rings (SSSR count). The lowest BCUT2D eigenvalue weighted by atomic mass is 10.1. The summed E-state index contributed by atoms with van der Waals surface area (Å²) in [6.45, 7) is 1.48. The number of halogens is 1. The van der Waals surface area contributed by atoms with E-state index in [-0.39, 0.29) is 6.04 Å². The maximum Gasteiger partial charge on any atom is 0.0490 e. The number of aromatic nitrogens is 1. The molecule has 2 N–H and O–H groups in total. The van der Waals surface area contributed by atoms with Crippen molar-refractivity contribution in [3.05, 3.63) is 50.9 Å². The molecule has 2 aromatic rings. The number of nitrogens with zero attached hydrogens (tertiary/aromatic N) is 2. The van der Waals surface area contributed by atoms with Gasteiger partial charge in [0.1, 0.15) is 0 Å². The molecule has 2 heterocycles. The molecule has 3 nitrogen and oxygen atoms in total. The van der Waals surface area contributed by atoms with Gasteiger partial charge in [-0.1, -0.05) is 0 Å². The lowest BCUT2D eigenvalue weighted by molar-refractivity contribution is 0.241. The molecule has 0 fully saturated rings. The smallest absolute Gasteiger partial charge is 0.0490 e. The minimum absolute atomic E-state index is 0.235. The summed E-state index contributed by atoms with van der Waals surface area (Å²) in [6.07, 6.45) is 3.64. The Morgan fingerprint density at radius 3 is 2.67 bits per heavy atom. The zero-order valence-corrected chi connectivity index (χ0v) is 12.6. The predicted octanol–water partition coefficient (Wildman–Crippen LogP) is 3.04. The van der Waals surface area contributed by atoms with Crippen molar-refractivity contribution in [2.75, 3.05) is 13.6 Å². The van der Waals surface area contributed by atoms with E-state index < -0.39 is 0 Å². The lowest BCUT2D eigenvalue weighted by Crippen LogP contribution is -2.30. The first-order chi connectivity index (χ1) is 8.72. The van der Waals surface area contributed by atoms with Crippen LogP contribution >= 0.6 is 27.3 Å². The van der Waals surface area contributed by atoms with E-state index in [9.17, 15) is 0 Å². The highest BCUT2D eigenvalue weighted by atomic mass is 79.9. The van der Waals surface area contributed by atoms with Gasteiger partial charge in [-0.3, -0.25) is 9.88 Å². The Balaban J connectivity index is 2.11. The van der Waals surface area contributed by atoms with Crippen LogP contribution in [0.5, 0.6) is 0 Å². The topological polar surface area (TPSA) is 42.2 Å². The standard InChI is InChI=1S/C13H16BrN3S/c1-17(7-10-2-4-16-5-3-10)13(6-15)11-8-18-9-12(11)14/h2-5,8-9,13H,6-7,15H2,1H3. The zero-order chi connectivity index (χ0) is 13.0. The maximum absolute atomic E-state index is 5.92. The molecule has 0 amide bonds. The molecule has 0 aromatic carbocycles. The van der Waals surface area contributed by atoms with Crippen LogP contribution in [0.3, 0.4) is 0 Å². The molecule has 0 aliphatic rings. The largest absolute Gasteiger partial charge is 0.329 e. The van der Waals surface area contributed by atoms with Crippen LogP contribution in [0.1, 0.15) is 17.2 Å². The minimum Gasteiger partial charge on any atom is -0.329 e. The van der Waals surface area contributed by atoms with Gasteiger partial charge in [-0.25, -0.2) is 0 Å². The van der Waals surface area contributed by atoms with Gasteiger partial charge in [0.15, 0.2) is 0 Å². The number of nitrogens with two attached hydrogens (primary N) is 1. The van der Waals surface area contributed by atoms with E-state index in [0.717, 1.165) is 11.0 Å². The second-order valence-corrected chi connectivity index (χ2v) is 5.80. The Labute approximate surface area is 120 Å². The van der Waals surface area contributed by atoms with Gasteiger partial charge >= 0.3 is 0 Å². The first kappa shape index (κ1) is 13.7. The van der Waals surface area contributed by atoms with Crippen molar-refractivity contribution in [3.63, 3.8) is 0 Å². The summed E-state index contributed by atoms with van der Waals surface area (Å²) >= 11 is 5.27. The predicted molar refractivity (Wildman–Crippen MR) is 79.5 cm³/mol. The molecule has 1 unspecified atom stereocenters. The third kappa shape index (κ3) is 3.17. The van der Waals surface area contributed by atoms with E-state index >= 15 is 0 Å². The van der Waals surface area contributed by atoms with Crippen LogP contribution in [0.25, 0.3) is 0 Å². The van der Waals surface area contributed by atoms with E-state index in [1.165, 1.54) is 11.1 Å². The Kier molecular flexibility index (Phi) is 4.88. The van der Waals surface area contributed by atoms with Crippen LogP contribution in [-0.4, -0.2) is 23.5 Å². The number of likely N-dealkylation sites (N-methyl/N-ethyl adjacent to an activating group) is 1. The third-order valence-corrected chi connectivity index (χ3v) is 4.69. The zero-order valence-electron chi connectivity index (χ0n) is 10.2. The van der Waals surface area contributed by atoms with Crippen molar-refractivity contribution < 1.29 is 0 Å². The van der Waals surface area contributed by atoms with E-state index in [1.807, 2.05) is 24.5 Å². The molecule has 1 atom stereocenters. The molecule has 18 heavy (non-hydrogen) atoms. The molecule has 0 saturated heterocycles. The lowest BCUT2D eigenvalue weighted by Gasteiger charge is -2.27. The summed E-state index contributed by atoms with van der Waals surface area (Å²) in [7, 11) is 2.10. The highest BCUT2D eigenvalue weighted by molar-refractivity contribution is 9.10. The highest BCUT2D eigenvalue weighted by Gasteiger charge is 2.18. The fourth-order valence-electron chi connectivity index (χ4n) is 1.96. The third-order valence-electron chi connectivity index (χ3n) is 2.94. The first-order valence-electron chi connectivity index (χ1n) is 5.73. The van der Waals surface area contributed by atoms with E-state index in [4.69, 9.17) is 5.73 Å². The number of hydrogen-bond acceptors (Lipinski definition) is 4. The van der Waals surface area contributed by atoms with Crippen LogP contribution < -0.4 is 5.73 Å². The maximum atomic E-state index is 5.92. The van der Waals surface area contributed by atoms with Gasteiger partial charge in [0, 0.05) is 41.4 Å². The number of hydrogen-bond donors (Lipinski definition) is 1. The molecule has 5 heteroatoms. The van der Waals surface area contributed by atoms with Crippen molar-refractivity contribution in [1.29, 1.82) is 0 Å². The Morgan fingerprint density at radius 1 is 1.39 bits per heavy atom. The summed E-state index contributed by atoms with van der Waals surface area (Å²) in [5, 5.41) is 4.25. The fraction of sp³-hybridized carbons (Fsp3) is 0.308. The van der Waals surface area contributed by atoms with Crippen molar-refractivity contribution in [2.24, 2.45) is 5.73 Å². The molecular formula is C13H16BrN3S. The molecule has 96 valence electrons. The molecule has 0 spiro atoms. The molecule has 0 aliphatic carbocycles. The average Bonchev–Trinajstić information content (AvgIpc) is 2.78. The van der Waals surface area contributed by atoms with Crippen LogP contribution in [0.15, 0.2) is 39.8 Å². The Hall–Kier alpha value is -0.750. The normalized spacial score (nSPS) is 12.9. The van der Waals surface area contributed by atoms with Crippen LogP contribution in [0, 0.1) is 0 Å². The van der Waals surface area contributed by atoms with Crippen LogP contribution in [-0.2, 0) is 6.54 Å². The van der Waals surface area contributed by atoms with Gasteiger partial charge in [-0.05, 0) is 51.6 Å². The highest BCUT2D eigenvalue weighted by Crippen LogP contribution is 2.30. The number of pyridine rings is 1. The van der Waals surface area contributed by atoms with E-state index in [1.54, 1.807) is 11.3 Å². The SMILES string of the molecule is CN(Cc1ccncc1)C(CN)c1cscc1Br. The molecular weight excluding hydrogens is 310 g/mol. The van der Waals surface area contributed by atoms with E-state index in [0.29, 0.717) is 6.54 Å². The van der Waals surface area contributed by atoms with Crippen molar-refractivity contribution in [1.82, 2.24) is 9.88 Å². The van der Waals surface area contributed by atoms with Crippen molar-refractivity contribution >= 4 is 27.3 Å². The molecule has 0 radical (unpaired) electrons.